The molecule has 1 aromatic carbocycles. The number of carbonyl (C=O) groups is 1. The van der Waals surface area contributed by atoms with E-state index < -0.39 is 8.32 Å². The van der Waals surface area contributed by atoms with Crippen LogP contribution in [0.2, 0.25) is 18.1 Å². The molecule has 118 valence electrons. The van der Waals surface area contributed by atoms with E-state index in [0.29, 0.717) is 19.6 Å². The zero-order valence-electron chi connectivity index (χ0n) is 13.9. The molecule has 0 N–H and O–H groups in total. The van der Waals surface area contributed by atoms with Crippen molar-refractivity contribution in [1.29, 1.82) is 0 Å². The zero-order chi connectivity index (χ0) is 15.9. The molecule has 1 rings (SSSR count). The van der Waals surface area contributed by atoms with Crippen LogP contribution in [0.3, 0.4) is 0 Å². The van der Waals surface area contributed by atoms with E-state index in [9.17, 15) is 4.79 Å². The van der Waals surface area contributed by atoms with Gasteiger partial charge in [0.1, 0.15) is 6.29 Å². The van der Waals surface area contributed by atoms with Gasteiger partial charge in [0.2, 0.25) is 0 Å². The van der Waals surface area contributed by atoms with Gasteiger partial charge in [0.15, 0.2) is 8.32 Å². The van der Waals surface area contributed by atoms with E-state index >= 15 is 0 Å². The Kier molecular flexibility index (Phi) is 6.78. The molecule has 0 amide bonds. The van der Waals surface area contributed by atoms with Crippen LogP contribution < -0.4 is 0 Å². The minimum Gasteiger partial charge on any atom is -0.411 e. The Hall–Kier alpha value is -0.973. The lowest BCUT2D eigenvalue weighted by molar-refractivity contribution is -0.110. The van der Waals surface area contributed by atoms with Crippen molar-refractivity contribution >= 4 is 14.6 Å². The third-order valence-electron chi connectivity index (χ3n) is 4.04. The van der Waals surface area contributed by atoms with Gasteiger partial charge in [-0.05, 0) is 23.7 Å². The highest BCUT2D eigenvalue weighted by molar-refractivity contribution is 6.74. The van der Waals surface area contributed by atoms with Crippen LogP contribution in [0.25, 0.3) is 0 Å². The second kappa shape index (κ2) is 7.87. The number of aldehydes is 1. The van der Waals surface area contributed by atoms with Crippen molar-refractivity contribution in [3.05, 3.63) is 35.9 Å². The van der Waals surface area contributed by atoms with Gasteiger partial charge in [0, 0.05) is 6.42 Å². The summed E-state index contributed by atoms with van der Waals surface area (Å²) in [7, 11) is -1.87. The molecule has 1 unspecified atom stereocenters. The van der Waals surface area contributed by atoms with Gasteiger partial charge in [0.05, 0.1) is 19.3 Å². The molecule has 3 nitrogen and oxygen atoms in total. The Morgan fingerprint density at radius 1 is 1.19 bits per heavy atom. The van der Waals surface area contributed by atoms with Crippen LogP contribution in [0.1, 0.15) is 32.8 Å². The molecule has 0 aliphatic carbocycles. The molecular formula is C17H28O3Si. The molecule has 21 heavy (non-hydrogen) atoms. The normalized spacial score (nSPS) is 14.0. The first-order valence-corrected chi connectivity index (χ1v) is 10.4. The molecule has 0 aliphatic heterocycles. The van der Waals surface area contributed by atoms with Crippen LogP contribution in [0.15, 0.2) is 30.3 Å². The van der Waals surface area contributed by atoms with Gasteiger partial charge in [-0.15, -0.1) is 0 Å². The van der Waals surface area contributed by atoms with Gasteiger partial charge in [-0.2, -0.15) is 0 Å². The summed E-state index contributed by atoms with van der Waals surface area (Å²) in [5.74, 6) is 0. The van der Waals surface area contributed by atoms with Crippen molar-refractivity contribution in [2.24, 2.45) is 0 Å². The number of ether oxygens (including phenoxy) is 1. The third kappa shape index (κ3) is 6.12. The fraction of sp³-hybridized carbons (Fsp3) is 0.588. The lowest BCUT2D eigenvalue weighted by atomic mass is 10.2. The van der Waals surface area contributed by atoms with Crippen LogP contribution in [0.4, 0.5) is 0 Å². The van der Waals surface area contributed by atoms with Gasteiger partial charge >= 0.3 is 0 Å². The summed E-state index contributed by atoms with van der Waals surface area (Å²) in [6, 6.07) is 10.0. The van der Waals surface area contributed by atoms with E-state index in [-0.39, 0.29) is 11.1 Å². The number of hydrogen-bond donors (Lipinski definition) is 0. The molecule has 0 radical (unpaired) electrons. The van der Waals surface area contributed by atoms with Crippen molar-refractivity contribution in [2.75, 3.05) is 6.61 Å². The molecule has 4 heteroatoms. The lowest BCUT2D eigenvalue weighted by Crippen LogP contribution is -2.45. The summed E-state index contributed by atoms with van der Waals surface area (Å²) in [6.07, 6.45) is 1.16. The number of carbonyl (C=O) groups excluding carboxylic acids is 1. The van der Waals surface area contributed by atoms with Gasteiger partial charge < -0.3 is 14.0 Å². The standard InChI is InChI=1S/C17H28O3Si/c1-17(2,3)21(4,5)20-16(11-12-18)14-19-13-15-9-7-6-8-10-15/h6-10,12,16H,11,13-14H2,1-5H3. The van der Waals surface area contributed by atoms with Crippen LogP contribution >= 0.6 is 0 Å². The highest BCUT2D eigenvalue weighted by atomic mass is 28.4. The first-order valence-electron chi connectivity index (χ1n) is 7.49. The fourth-order valence-electron chi connectivity index (χ4n) is 1.73. The Morgan fingerprint density at radius 3 is 2.33 bits per heavy atom. The quantitative estimate of drug-likeness (QED) is 0.534. The van der Waals surface area contributed by atoms with E-state index in [1.165, 1.54) is 0 Å². The molecule has 0 saturated carbocycles. The van der Waals surface area contributed by atoms with E-state index in [4.69, 9.17) is 9.16 Å². The Labute approximate surface area is 129 Å². The zero-order valence-corrected chi connectivity index (χ0v) is 14.9. The van der Waals surface area contributed by atoms with Crippen molar-refractivity contribution < 1.29 is 14.0 Å². The minimum atomic E-state index is -1.87. The minimum absolute atomic E-state index is 0.133. The second-order valence-electron chi connectivity index (χ2n) is 6.90. The van der Waals surface area contributed by atoms with Crippen LogP contribution in [0, 0.1) is 0 Å². The predicted octanol–water partition coefficient (Wildman–Crippen LogP) is 4.18. The predicted molar refractivity (Wildman–Crippen MR) is 88.8 cm³/mol. The summed E-state index contributed by atoms with van der Waals surface area (Å²) >= 11 is 0. The Balaban J connectivity index is 2.52. The molecule has 0 saturated heterocycles. The van der Waals surface area contributed by atoms with E-state index in [2.05, 4.69) is 33.9 Å². The molecule has 0 bridgehead atoms. The average Bonchev–Trinajstić information content (AvgIpc) is 2.38. The smallest absolute Gasteiger partial charge is 0.192 e. The first-order chi connectivity index (χ1) is 9.76. The van der Waals surface area contributed by atoms with Crippen LogP contribution in [-0.4, -0.2) is 27.3 Å². The number of rotatable bonds is 8. The average molecular weight is 308 g/mol. The van der Waals surface area contributed by atoms with Crippen molar-refractivity contribution in [2.45, 2.75) is 58.0 Å². The summed E-state index contributed by atoms with van der Waals surface area (Å²) < 4.78 is 12.0. The molecule has 0 fully saturated rings. The summed E-state index contributed by atoms with van der Waals surface area (Å²) in [5, 5.41) is 0.133. The largest absolute Gasteiger partial charge is 0.411 e. The fourth-order valence-corrected chi connectivity index (χ4v) is 3.08. The number of hydrogen-bond acceptors (Lipinski definition) is 3. The van der Waals surface area contributed by atoms with Crippen molar-refractivity contribution in [3.63, 3.8) is 0 Å². The van der Waals surface area contributed by atoms with Crippen molar-refractivity contribution in [1.82, 2.24) is 0 Å². The Bertz CT molecular complexity index is 423. The Morgan fingerprint density at radius 2 is 1.81 bits per heavy atom. The summed E-state index contributed by atoms with van der Waals surface area (Å²) in [4.78, 5) is 10.9. The molecule has 1 aromatic rings. The third-order valence-corrected chi connectivity index (χ3v) is 8.58. The van der Waals surface area contributed by atoms with Gasteiger partial charge in [-0.3, -0.25) is 0 Å². The van der Waals surface area contributed by atoms with E-state index in [0.717, 1.165) is 11.8 Å². The van der Waals surface area contributed by atoms with Gasteiger partial charge in [0.25, 0.3) is 0 Å². The van der Waals surface area contributed by atoms with Crippen LogP contribution in [-0.2, 0) is 20.6 Å². The summed E-state index contributed by atoms with van der Waals surface area (Å²) in [5.41, 5.74) is 1.13. The SMILES string of the molecule is CC(C)(C)[Si](C)(C)OC(CC=O)COCc1ccccc1. The van der Waals surface area contributed by atoms with Gasteiger partial charge in [-0.25, -0.2) is 0 Å². The molecule has 0 aliphatic rings. The molecule has 0 aromatic heterocycles. The highest BCUT2D eigenvalue weighted by Crippen LogP contribution is 2.37. The molecular weight excluding hydrogens is 280 g/mol. The topological polar surface area (TPSA) is 35.5 Å². The molecule has 0 spiro atoms. The lowest BCUT2D eigenvalue weighted by Gasteiger charge is -2.38. The monoisotopic (exact) mass is 308 g/mol. The van der Waals surface area contributed by atoms with Gasteiger partial charge in [-0.1, -0.05) is 51.1 Å². The van der Waals surface area contributed by atoms with E-state index in [1.54, 1.807) is 0 Å². The summed E-state index contributed by atoms with van der Waals surface area (Å²) in [6.45, 7) is 12.0. The highest BCUT2D eigenvalue weighted by Gasteiger charge is 2.39. The van der Waals surface area contributed by atoms with E-state index in [1.807, 2.05) is 30.3 Å². The van der Waals surface area contributed by atoms with Crippen LogP contribution in [0.5, 0.6) is 0 Å². The van der Waals surface area contributed by atoms with Crippen molar-refractivity contribution in [3.8, 4) is 0 Å². The number of benzene rings is 1. The maximum Gasteiger partial charge on any atom is 0.192 e. The molecule has 0 heterocycles. The second-order valence-corrected chi connectivity index (χ2v) is 11.7. The molecule has 1 atom stereocenters. The maximum atomic E-state index is 10.9. The maximum absolute atomic E-state index is 10.9. The first kappa shape index (κ1) is 18.1.